The fraction of sp³-hybridized carbons (Fsp3) is 0.433. The highest BCUT2D eigenvalue weighted by Gasteiger charge is 2.57. The van der Waals surface area contributed by atoms with Crippen molar-refractivity contribution in [1.82, 2.24) is 14.5 Å². The summed E-state index contributed by atoms with van der Waals surface area (Å²) in [5, 5.41) is 10.6. The van der Waals surface area contributed by atoms with Gasteiger partial charge in [-0.15, -0.1) is 20.6 Å². The number of ether oxygens (including phenoxy) is 2. The van der Waals surface area contributed by atoms with Crippen LogP contribution in [-0.2, 0) is 17.9 Å². The molecule has 1 aliphatic carbocycles. The van der Waals surface area contributed by atoms with Crippen LogP contribution in [0.15, 0.2) is 42.5 Å². The fourth-order valence-electron chi connectivity index (χ4n) is 6.22. The number of aryl methyl sites for hydroxylation is 1. The van der Waals surface area contributed by atoms with Crippen LogP contribution in [0.1, 0.15) is 58.2 Å². The molecule has 5 heterocycles. The Bertz CT molecular complexity index is 1590. The van der Waals surface area contributed by atoms with E-state index in [1.807, 2.05) is 12.1 Å². The van der Waals surface area contributed by atoms with E-state index in [2.05, 4.69) is 49.9 Å². The first kappa shape index (κ1) is 25.9. The van der Waals surface area contributed by atoms with E-state index in [-0.39, 0.29) is 11.5 Å². The van der Waals surface area contributed by atoms with Gasteiger partial charge in [-0.05, 0) is 61.0 Å². The number of hydrogen-bond donors (Lipinski definition) is 1. The molecular weight excluding hydrogens is 543 g/mol. The average Bonchev–Trinajstić information content (AvgIpc) is 3.26. The molecule has 40 heavy (non-hydrogen) atoms. The largest absolute Gasteiger partial charge is 0.477 e. The third kappa shape index (κ3) is 4.78. The molecule has 8 nitrogen and oxygen atoms in total. The van der Waals surface area contributed by atoms with Crippen LogP contribution in [-0.4, -0.2) is 51.4 Å². The lowest BCUT2D eigenvalue weighted by Gasteiger charge is -2.34. The summed E-state index contributed by atoms with van der Waals surface area (Å²) in [4.78, 5) is 25.1. The Morgan fingerprint density at radius 1 is 1.23 bits per heavy atom. The van der Waals surface area contributed by atoms with E-state index in [9.17, 15) is 9.90 Å². The van der Waals surface area contributed by atoms with E-state index >= 15 is 0 Å². The van der Waals surface area contributed by atoms with Gasteiger partial charge in [0.1, 0.15) is 33.5 Å². The maximum atomic E-state index is 11.6. The molecule has 3 aromatic heterocycles. The van der Waals surface area contributed by atoms with Gasteiger partial charge in [-0.2, -0.15) is 4.98 Å². The van der Waals surface area contributed by atoms with Crippen LogP contribution in [0.2, 0.25) is 0 Å². The number of carboxylic acids is 1. The lowest BCUT2D eigenvalue weighted by molar-refractivity contribution is -0.0590. The van der Waals surface area contributed by atoms with Crippen LogP contribution in [0.25, 0.3) is 10.3 Å². The van der Waals surface area contributed by atoms with Gasteiger partial charge in [0.15, 0.2) is 0 Å². The molecule has 1 aromatic carbocycles. The number of piperidine rings is 1. The van der Waals surface area contributed by atoms with E-state index in [0.717, 1.165) is 84.8 Å². The Morgan fingerprint density at radius 3 is 2.77 bits per heavy atom. The zero-order valence-corrected chi connectivity index (χ0v) is 24.5. The zero-order chi connectivity index (χ0) is 27.4. The van der Waals surface area contributed by atoms with Crippen molar-refractivity contribution >= 4 is 48.0 Å². The lowest BCUT2D eigenvalue weighted by Crippen LogP contribution is -2.36. The van der Waals surface area contributed by atoms with Gasteiger partial charge in [-0.25, -0.2) is 9.78 Å². The highest BCUT2D eigenvalue weighted by molar-refractivity contribution is 7.27. The van der Waals surface area contributed by atoms with E-state index in [1.54, 1.807) is 6.07 Å². The Labute approximate surface area is 239 Å². The predicted octanol–water partition coefficient (Wildman–Crippen LogP) is 5.14. The molecule has 0 radical (unpaired) electrons. The number of aromatic nitrogens is 3. The summed E-state index contributed by atoms with van der Waals surface area (Å²) >= 11 is 1.33. The van der Waals surface area contributed by atoms with E-state index in [1.165, 1.54) is 16.9 Å². The average molecular weight is 577 g/mol. The number of rotatable bonds is 8. The van der Waals surface area contributed by atoms with Crippen LogP contribution in [0, 0.1) is 12.3 Å². The van der Waals surface area contributed by atoms with Crippen molar-refractivity contribution in [3.05, 3.63) is 64.3 Å². The molecule has 3 atom stereocenters. The van der Waals surface area contributed by atoms with Crippen LogP contribution in [0.3, 0.4) is 0 Å². The van der Waals surface area contributed by atoms with Gasteiger partial charge < -0.3 is 24.0 Å². The molecule has 3 fully saturated rings. The van der Waals surface area contributed by atoms with Crippen molar-refractivity contribution in [2.24, 2.45) is 5.41 Å². The first-order valence-corrected chi connectivity index (χ1v) is 15.3. The molecule has 2 aliphatic heterocycles. The Kier molecular flexibility index (Phi) is 6.56. The molecule has 1 spiro atoms. The van der Waals surface area contributed by atoms with Gasteiger partial charge in [0.05, 0.1) is 12.6 Å². The SMILES string of the molecule is Cc1ccc(COc2cccc(N3CCC4(CC3)CC4c3nc4cc(C(=O)O)sc4n3CC3CCO3)n2)c(P)c1. The topological polar surface area (TPSA) is 89.7 Å². The number of benzene rings is 1. The summed E-state index contributed by atoms with van der Waals surface area (Å²) in [6, 6.07) is 14.1. The number of aromatic carboxylic acids is 1. The summed E-state index contributed by atoms with van der Waals surface area (Å²) in [5.74, 6) is 2.23. The van der Waals surface area contributed by atoms with Gasteiger partial charge >= 0.3 is 5.97 Å². The third-order valence-corrected chi connectivity index (χ3v) is 10.5. The van der Waals surface area contributed by atoms with Gasteiger partial charge in [0, 0.05) is 31.7 Å². The van der Waals surface area contributed by atoms with Gasteiger partial charge in [-0.1, -0.05) is 29.8 Å². The van der Waals surface area contributed by atoms with Crippen molar-refractivity contribution in [1.29, 1.82) is 0 Å². The molecule has 0 bridgehead atoms. The van der Waals surface area contributed by atoms with Gasteiger partial charge in [-0.3, -0.25) is 0 Å². The maximum absolute atomic E-state index is 11.6. The predicted molar refractivity (Wildman–Crippen MR) is 159 cm³/mol. The molecular formula is C30H33N4O4PS. The molecule has 1 N–H and O–H groups in total. The van der Waals surface area contributed by atoms with Gasteiger partial charge in [0.25, 0.3) is 0 Å². The smallest absolute Gasteiger partial charge is 0.346 e. The maximum Gasteiger partial charge on any atom is 0.346 e. The van der Waals surface area contributed by atoms with E-state index in [4.69, 9.17) is 19.4 Å². The van der Waals surface area contributed by atoms with Crippen molar-refractivity contribution < 1.29 is 19.4 Å². The molecule has 208 valence electrons. The monoisotopic (exact) mass is 576 g/mol. The molecule has 7 rings (SSSR count). The van der Waals surface area contributed by atoms with E-state index in [0.29, 0.717) is 23.3 Å². The normalized spacial score (nSPS) is 21.5. The Balaban J connectivity index is 1.03. The Hall–Kier alpha value is -3.00. The lowest BCUT2D eigenvalue weighted by atomic mass is 9.90. The molecule has 10 heteroatoms. The molecule has 3 aliphatic rings. The van der Waals surface area contributed by atoms with Crippen molar-refractivity contribution in [2.75, 3.05) is 24.6 Å². The van der Waals surface area contributed by atoms with Crippen LogP contribution in [0.5, 0.6) is 5.88 Å². The summed E-state index contributed by atoms with van der Waals surface area (Å²) in [6.45, 7) is 6.03. The number of fused-ring (bicyclic) bond motifs is 1. The van der Waals surface area contributed by atoms with Crippen molar-refractivity contribution in [2.45, 2.75) is 57.8 Å². The van der Waals surface area contributed by atoms with Crippen molar-refractivity contribution in [3.8, 4) is 5.88 Å². The second kappa shape index (κ2) is 10.1. The number of nitrogens with zero attached hydrogens (tertiary/aromatic N) is 4. The number of carbonyl (C=O) groups is 1. The van der Waals surface area contributed by atoms with E-state index < -0.39 is 5.97 Å². The zero-order valence-electron chi connectivity index (χ0n) is 22.5. The van der Waals surface area contributed by atoms with Crippen LogP contribution in [0.4, 0.5) is 5.82 Å². The van der Waals surface area contributed by atoms with Crippen LogP contribution < -0.4 is 14.9 Å². The number of carboxylic acid groups (broad SMARTS) is 1. The first-order valence-electron chi connectivity index (χ1n) is 13.9. The summed E-state index contributed by atoms with van der Waals surface area (Å²) in [5.41, 5.74) is 3.44. The number of anilines is 1. The molecule has 0 amide bonds. The molecule has 1 saturated carbocycles. The number of imidazole rings is 1. The molecule has 3 unspecified atom stereocenters. The molecule has 2 saturated heterocycles. The highest BCUT2D eigenvalue weighted by Crippen LogP contribution is 2.65. The number of pyridine rings is 1. The summed E-state index contributed by atoms with van der Waals surface area (Å²) < 4.78 is 14.1. The second-order valence-electron chi connectivity index (χ2n) is 11.4. The van der Waals surface area contributed by atoms with Crippen LogP contribution >= 0.6 is 20.6 Å². The standard InChI is InChI=1S/C30H33N4O4PS/c1-18-5-6-19(23(39)13-18)17-38-26-4-2-3-25(32-26)33-10-8-30(9-11-33)15-21(30)27-31-22-14-24(29(35)36)40-28(22)34(27)16-20-7-12-37-20/h2-6,13-14,20-21H,7-12,15-17,39H2,1H3,(H,35,36). The first-order chi connectivity index (χ1) is 19.4. The second-order valence-corrected chi connectivity index (χ2v) is 13.1. The fourth-order valence-corrected chi connectivity index (χ4v) is 7.61. The summed E-state index contributed by atoms with van der Waals surface area (Å²) in [6.07, 6.45) is 4.54. The minimum atomic E-state index is -0.890. The summed E-state index contributed by atoms with van der Waals surface area (Å²) in [7, 11) is 2.79. The quantitative estimate of drug-likeness (QED) is 0.291. The minimum Gasteiger partial charge on any atom is -0.477 e. The highest BCUT2D eigenvalue weighted by atomic mass is 32.1. The number of hydrogen-bond acceptors (Lipinski definition) is 7. The molecule has 4 aromatic rings. The third-order valence-electron chi connectivity index (χ3n) is 8.81. The minimum absolute atomic E-state index is 0.192. The number of thiophene rings is 1. The Morgan fingerprint density at radius 2 is 2.05 bits per heavy atom. The van der Waals surface area contributed by atoms with Gasteiger partial charge in [0.2, 0.25) is 5.88 Å². The van der Waals surface area contributed by atoms with Crippen molar-refractivity contribution in [3.63, 3.8) is 0 Å².